The van der Waals surface area contributed by atoms with Gasteiger partial charge in [0, 0.05) is 12.8 Å². The van der Waals surface area contributed by atoms with Gasteiger partial charge in [-0.2, -0.15) is 0 Å². The highest BCUT2D eigenvalue weighted by atomic mass is 16.6. The molecule has 0 rings (SSSR count). The first-order chi connectivity index (χ1) is 24.8. The molecule has 0 radical (unpaired) electrons. The summed E-state index contributed by atoms with van der Waals surface area (Å²) in [7, 11) is 0. The number of rotatable bonds is 36. The Kier molecular flexibility index (Phi) is 35.9. The van der Waals surface area contributed by atoms with E-state index in [-0.39, 0.29) is 32.0 Å². The Morgan fingerprint density at radius 3 is 1.33 bits per heavy atom. The van der Waals surface area contributed by atoms with Gasteiger partial charge in [-0.3, -0.25) is 9.59 Å². The summed E-state index contributed by atoms with van der Waals surface area (Å²) in [5.74, 6) is 0.00332. The minimum absolute atomic E-state index is 0.0686. The van der Waals surface area contributed by atoms with Crippen LogP contribution in [-0.2, 0) is 19.1 Å². The molecule has 0 amide bonds. The topological polar surface area (TPSA) is 113 Å². The Morgan fingerprint density at radius 1 is 0.490 bits per heavy atom. The quantitative estimate of drug-likeness (QED) is 0.0336. The molecule has 296 valence electrons. The van der Waals surface area contributed by atoms with Crippen molar-refractivity contribution in [2.24, 2.45) is 5.92 Å². The van der Waals surface area contributed by atoms with Crippen molar-refractivity contribution in [2.75, 3.05) is 13.2 Å². The Bertz CT molecular complexity index is 907. The minimum atomic E-state index is -1.07. The summed E-state index contributed by atoms with van der Waals surface area (Å²) in [5.41, 5.74) is 0. The number of unbranched alkanes of at least 4 members (excludes halogenated alkanes) is 14. The minimum Gasteiger partial charge on any atom is -0.463 e. The molecule has 0 aromatic carbocycles. The Morgan fingerprint density at radius 2 is 0.882 bits per heavy atom. The number of carbonyl (C=O) groups excluding carboxylic acids is 2. The number of allylic oxidation sites excluding steroid dienone is 7. The van der Waals surface area contributed by atoms with Crippen LogP contribution >= 0.6 is 0 Å². The Balaban J connectivity index is 3.64. The van der Waals surface area contributed by atoms with Gasteiger partial charge in [-0.05, 0) is 57.3 Å². The molecule has 0 spiro atoms. The normalized spacial score (nSPS) is 14.0. The summed E-state index contributed by atoms with van der Waals surface area (Å²) in [6.45, 7) is 6.29. The van der Waals surface area contributed by atoms with E-state index in [4.69, 9.17) is 9.47 Å². The van der Waals surface area contributed by atoms with Crippen molar-refractivity contribution < 1.29 is 34.4 Å². The van der Waals surface area contributed by atoms with Crippen molar-refractivity contribution in [3.63, 3.8) is 0 Å². The SMILES string of the molecule is CC/C=C\C/C=C\C/C=C\C/C=C\C[C@H](O)[C@@H](O)CCCC(=O)OC[C@H](O)COC(=O)CCCCCCCCCCCCCCCCCC(C)C. The van der Waals surface area contributed by atoms with Gasteiger partial charge in [0.05, 0.1) is 12.2 Å². The number of esters is 2. The maximum Gasteiger partial charge on any atom is 0.305 e. The zero-order valence-corrected chi connectivity index (χ0v) is 33.0. The molecule has 0 saturated heterocycles. The van der Waals surface area contributed by atoms with Crippen LogP contribution in [0.4, 0.5) is 0 Å². The predicted molar refractivity (Wildman–Crippen MR) is 212 cm³/mol. The fraction of sp³-hybridized carbons (Fsp3) is 0.773. The van der Waals surface area contributed by atoms with Crippen molar-refractivity contribution in [2.45, 2.75) is 200 Å². The average molecular weight is 719 g/mol. The largest absolute Gasteiger partial charge is 0.463 e. The van der Waals surface area contributed by atoms with Crippen molar-refractivity contribution in [1.82, 2.24) is 0 Å². The second-order valence-corrected chi connectivity index (χ2v) is 14.5. The molecular formula is C44H78O7. The first-order valence-corrected chi connectivity index (χ1v) is 20.7. The van der Waals surface area contributed by atoms with Crippen LogP contribution in [0.5, 0.6) is 0 Å². The average Bonchev–Trinajstić information content (AvgIpc) is 3.11. The molecule has 7 nitrogen and oxygen atoms in total. The third-order valence-electron chi connectivity index (χ3n) is 8.96. The zero-order valence-electron chi connectivity index (χ0n) is 33.0. The monoisotopic (exact) mass is 719 g/mol. The molecule has 0 aliphatic rings. The number of hydrogen-bond acceptors (Lipinski definition) is 7. The molecule has 0 unspecified atom stereocenters. The van der Waals surface area contributed by atoms with E-state index in [2.05, 4.69) is 57.2 Å². The van der Waals surface area contributed by atoms with Crippen LogP contribution in [0.3, 0.4) is 0 Å². The lowest BCUT2D eigenvalue weighted by Gasteiger charge is -2.16. The number of aliphatic hydroxyl groups is 3. The van der Waals surface area contributed by atoms with E-state index in [1.54, 1.807) is 0 Å². The van der Waals surface area contributed by atoms with E-state index in [1.807, 2.05) is 12.2 Å². The first kappa shape index (κ1) is 48.8. The summed E-state index contributed by atoms with van der Waals surface area (Å²) in [6.07, 6.45) is 39.2. The summed E-state index contributed by atoms with van der Waals surface area (Å²) < 4.78 is 10.2. The number of carbonyl (C=O) groups is 2. The van der Waals surface area contributed by atoms with Gasteiger partial charge in [0.1, 0.15) is 19.3 Å². The summed E-state index contributed by atoms with van der Waals surface area (Å²) in [4.78, 5) is 24.0. The van der Waals surface area contributed by atoms with Crippen LogP contribution in [0.25, 0.3) is 0 Å². The van der Waals surface area contributed by atoms with Crippen molar-refractivity contribution >= 4 is 11.9 Å². The van der Waals surface area contributed by atoms with E-state index in [9.17, 15) is 24.9 Å². The molecule has 0 bridgehead atoms. The molecule has 0 aromatic heterocycles. The Labute approximate surface area is 313 Å². The summed E-state index contributed by atoms with van der Waals surface area (Å²) >= 11 is 0. The number of ether oxygens (including phenoxy) is 2. The molecular weight excluding hydrogens is 640 g/mol. The molecule has 7 heteroatoms. The maximum absolute atomic E-state index is 12.0. The van der Waals surface area contributed by atoms with Crippen LogP contribution in [-0.4, -0.2) is 58.8 Å². The molecule has 0 saturated carbocycles. The first-order valence-electron chi connectivity index (χ1n) is 20.7. The van der Waals surface area contributed by atoms with Gasteiger partial charge < -0.3 is 24.8 Å². The fourth-order valence-electron chi connectivity index (χ4n) is 5.71. The van der Waals surface area contributed by atoms with E-state index in [0.717, 1.165) is 50.9 Å². The molecule has 3 atom stereocenters. The standard InChI is InChI=1S/C44H78O7/c1-4-5-6-7-8-9-10-17-20-23-26-29-33-41(46)42(47)34-31-36-44(49)51-38-40(45)37-50-43(48)35-30-27-24-21-18-15-13-11-12-14-16-19-22-25-28-32-39(2)3/h5-6,8-9,17,20,26,29,39-42,45-47H,4,7,10-16,18-19,21-25,27-28,30-38H2,1-3H3/b6-5-,9-8-,20-17-,29-26-/t40-,41+,42+/m1/s1. The van der Waals surface area contributed by atoms with Gasteiger partial charge in [-0.15, -0.1) is 0 Å². The third kappa shape index (κ3) is 37.3. The molecule has 0 heterocycles. The molecule has 0 aromatic rings. The van der Waals surface area contributed by atoms with Crippen LogP contribution in [0.1, 0.15) is 181 Å². The second-order valence-electron chi connectivity index (χ2n) is 14.5. The van der Waals surface area contributed by atoms with Gasteiger partial charge in [-0.25, -0.2) is 0 Å². The van der Waals surface area contributed by atoms with Gasteiger partial charge in [-0.1, -0.05) is 166 Å². The lowest BCUT2D eigenvalue weighted by Crippen LogP contribution is -2.26. The van der Waals surface area contributed by atoms with Gasteiger partial charge >= 0.3 is 11.9 Å². The Hall–Kier alpha value is -2.22. The van der Waals surface area contributed by atoms with Gasteiger partial charge in [0.25, 0.3) is 0 Å². The summed E-state index contributed by atoms with van der Waals surface area (Å²) in [5, 5.41) is 30.4. The van der Waals surface area contributed by atoms with E-state index < -0.39 is 24.3 Å². The lowest BCUT2D eigenvalue weighted by atomic mass is 10.0. The molecule has 0 fully saturated rings. The van der Waals surface area contributed by atoms with Crippen LogP contribution in [0.2, 0.25) is 0 Å². The highest BCUT2D eigenvalue weighted by molar-refractivity contribution is 5.69. The van der Waals surface area contributed by atoms with Gasteiger partial charge in [0.2, 0.25) is 0 Å². The zero-order chi connectivity index (χ0) is 37.6. The van der Waals surface area contributed by atoms with Gasteiger partial charge in [0.15, 0.2) is 0 Å². The summed E-state index contributed by atoms with van der Waals surface area (Å²) in [6, 6.07) is 0. The van der Waals surface area contributed by atoms with E-state index in [0.29, 0.717) is 19.3 Å². The van der Waals surface area contributed by atoms with E-state index in [1.165, 1.54) is 83.5 Å². The number of hydrogen-bond donors (Lipinski definition) is 3. The lowest BCUT2D eigenvalue weighted by molar-refractivity contribution is -0.152. The molecule has 3 N–H and O–H groups in total. The molecule has 51 heavy (non-hydrogen) atoms. The van der Waals surface area contributed by atoms with Crippen LogP contribution < -0.4 is 0 Å². The second kappa shape index (κ2) is 37.5. The maximum atomic E-state index is 12.0. The van der Waals surface area contributed by atoms with Crippen molar-refractivity contribution in [3.05, 3.63) is 48.6 Å². The smallest absolute Gasteiger partial charge is 0.305 e. The molecule has 0 aliphatic carbocycles. The highest BCUT2D eigenvalue weighted by Gasteiger charge is 2.16. The van der Waals surface area contributed by atoms with E-state index >= 15 is 0 Å². The molecule has 0 aliphatic heterocycles. The predicted octanol–water partition coefficient (Wildman–Crippen LogP) is 10.8. The van der Waals surface area contributed by atoms with Crippen molar-refractivity contribution in [1.29, 1.82) is 0 Å². The van der Waals surface area contributed by atoms with Crippen molar-refractivity contribution in [3.8, 4) is 0 Å². The fourth-order valence-corrected chi connectivity index (χ4v) is 5.71. The third-order valence-corrected chi connectivity index (χ3v) is 8.96. The van der Waals surface area contributed by atoms with Crippen LogP contribution in [0.15, 0.2) is 48.6 Å². The highest BCUT2D eigenvalue weighted by Crippen LogP contribution is 2.15. The number of aliphatic hydroxyl groups excluding tert-OH is 3. The van der Waals surface area contributed by atoms with Crippen LogP contribution in [0, 0.1) is 5.92 Å².